The van der Waals surface area contributed by atoms with Crippen LogP contribution in [0.25, 0.3) is 0 Å². The van der Waals surface area contributed by atoms with Crippen LogP contribution in [0.4, 0.5) is 17.1 Å². The molecule has 0 atom stereocenters. The van der Waals surface area contributed by atoms with Crippen molar-refractivity contribution in [2.24, 2.45) is 0 Å². The van der Waals surface area contributed by atoms with E-state index in [4.69, 9.17) is 11.6 Å². The van der Waals surface area contributed by atoms with Gasteiger partial charge in [-0.3, -0.25) is 13.9 Å². The quantitative estimate of drug-likeness (QED) is 0.490. The monoisotopic (exact) mass is 498 g/mol. The molecule has 0 aromatic heterocycles. The number of anilines is 3. The van der Waals surface area contributed by atoms with Crippen molar-refractivity contribution in [3.8, 4) is 0 Å². The van der Waals surface area contributed by atoms with Crippen LogP contribution in [0.5, 0.6) is 0 Å². The Bertz CT molecular complexity index is 1340. The molecule has 1 heterocycles. The van der Waals surface area contributed by atoms with Crippen molar-refractivity contribution in [2.75, 3.05) is 28.0 Å². The molecule has 1 saturated heterocycles. The van der Waals surface area contributed by atoms with Crippen LogP contribution in [0, 0.1) is 6.92 Å². The summed E-state index contributed by atoms with van der Waals surface area (Å²) in [4.78, 5) is 25.3. The van der Waals surface area contributed by atoms with Gasteiger partial charge in [0.15, 0.2) is 0 Å². The van der Waals surface area contributed by atoms with Gasteiger partial charge in [0.1, 0.15) is 0 Å². The molecule has 0 bridgehead atoms. The van der Waals surface area contributed by atoms with E-state index in [1.807, 2.05) is 13.0 Å². The number of carbonyl (C=O) groups is 2. The van der Waals surface area contributed by atoms with E-state index in [9.17, 15) is 18.0 Å². The van der Waals surface area contributed by atoms with Crippen molar-refractivity contribution < 1.29 is 18.0 Å². The third kappa shape index (κ3) is 5.39. The Morgan fingerprint density at radius 2 is 1.68 bits per heavy atom. The Morgan fingerprint density at radius 1 is 0.941 bits per heavy atom. The normalized spacial score (nSPS) is 14.9. The fourth-order valence-corrected chi connectivity index (χ4v) is 5.04. The summed E-state index contributed by atoms with van der Waals surface area (Å²) >= 11 is 6.24. The molecule has 8 nitrogen and oxygen atoms in total. The van der Waals surface area contributed by atoms with E-state index >= 15 is 0 Å². The Balaban J connectivity index is 1.46. The van der Waals surface area contributed by atoms with Gasteiger partial charge in [-0.05, 0) is 67.9 Å². The minimum absolute atomic E-state index is 0.313. The summed E-state index contributed by atoms with van der Waals surface area (Å²) in [6.45, 7) is 2.69. The molecule has 10 heteroatoms. The smallest absolute Gasteiger partial charge is 0.301 e. The lowest BCUT2D eigenvalue weighted by Gasteiger charge is -2.28. The van der Waals surface area contributed by atoms with Gasteiger partial charge in [0.05, 0.1) is 16.4 Å². The lowest BCUT2D eigenvalue weighted by molar-refractivity contribution is 0.101. The fourth-order valence-electron chi connectivity index (χ4n) is 3.55. The van der Waals surface area contributed by atoms with E-state index in [0.29, 0.717) is 52.7 Å². The first-order valence-electron chi connectivity index (χ1n) is 10.6. The van der Waals surface area contributed by atoms with Gasteiger partial charge in [0, 0.05) is 29.9 Å². The average Bonchev–Trinajstić information content (AvgIpc) is 2.81. The number of hydrogen-bond acceptors (Lipinski definition) is 4. The van der Waals surface area contributed by atoms with Gasteiger partial charge < -0.3 is 10.6 Å². The number of rotatable bonds is 5. The molecular formula is C24H23ClN4O4S. The molecule has 176 valence electrons. The zero-order chi connectivity index (χ0) is 24.3. The summed E-state index contributed by atoms with van der Waals surface area (Å²) in [7, 11) is -3.56. The molecule has 0 aliphatic carbocycles. The van der Waals surface area contributed by atoms with Crippen molar-refractivity contribution >= 4 is 50.7 Å². The summed E-state index contributed by atoms with van der Waals surface area (Å²) in [6, 6.07) is 18.3. The van der Waals surface area contributed by atoms with Crippen molar-refractivity contribution in [3.05, 3.63) is 88.4 Å². The van der Waals surface area contributed by atoms with Crippen molar-refractivity contribution in [2.45, 2.75) is 13.3 Å². The number of aryl methyl sites for hydroxylation is 1. The summed E-state index contributed by atoms with van der Waals surface area (Å²) in [6.07, 6.45) is 0.695. The van der Waals surface area contributed by atoms with Gasteiger partial charge in [0.25, 0.3) is 11.8 Å². The zero-order valence-electron chi connectivity index (χ0n) is 18.3. The number of hydrogen-bond donors (Lipinski definition) is 3. The van der Waals surface area contributed by atoms with E-state index in [1.54, 1.807) is 60.7 Å². The van der Waals surface area contributed by atoms with Crippen LogP contribution < -0.4 is 19.7 Å². The molecule has 1 aliphatic rings. The molecule has 1 fully saturated rings. The van der Waals surface area contributed by atoms with Gasteiger partial charge >= 0.3 is 10.2 Å². The number of amides is 2. The second kappa shape index (κ2) is 9.84. The van der Waals surface area contributed by atoms with Crippen LogP contribution in [0.1, 0.15) is 32.7 Å². The molecule has 3 N–H and O–H groups in total. The van der Waals surface area contributed by atoms with E-state index in [1.165, 1.54) is 4.31 Å². The highest BCUT2D eigenvalue weighted by Gasteiger charge is 2.25. The minimum atomic E-state index is -3.56. The molecule has 0 radical (unpaired) electrons. The second-order valence-electron chi connectivity index (χ2n) is 7.84. The molecule has 0 spiro atoms. The van der Waals surface area contributed by atoms with Gasteiger partial charge in [-0.2, -0.15) is 13.1 Å². The van der Waals surface area contributed by atoms with Crippen LogP contribution in [0.15, 0.2) is 66.7 Å². The SMILES string of the molecule is Cc1cccc(C(=O)Nc2cc(NC(=O)c3ccc(N4CCCNS4(=O)=O)cc3)ccc2Cl)c1. The van der Waals surface area contributed by atoms with Crippen molar-refractivity contribution in [1.82, 2.24) is 4.72 Å². The summed E-state index contributed by atoms with van der Waals surface area (Å²) in [5, 5.41) is 5.87. The van der Waals surface area contributed by atoms with E-state index in [0.717, 1.165) is 5.56 Å². The molecule has 34 heavy (non-hydrogen) atoms. The lowest BCUT2D eigenvalue weighted by Crippen LogP contribution is -2.47. The maximum absolute atomic E-state index is 12.7. The second-order valence-corrected chi connectivity index (χ2v) is 9.93. The highest BCUT2D eigenvalue weighted by Crippen LogP contribution is 2.27. The van der Waals surface area contributed by atoms with Gasteiger partial charge in [-0.1, -0.05) is 29.3 Å². The highest BCUT2D eigenvalue weighted by atomic mass is 35.5. The first-order chi connectivity index (χ1) is 16.2. The molecular weight excluding hydrogens is 476 g/mol. The summed E-state index contributed by atoms with van der Waals surface area (Å²) in [5.41, 5.74) is 3.10. The first kappa shape index (κ1) is 23.7. The number of benzene rings is 3. The van der Waals surface area contributed by atoms with Gasteiger partial charge in [-0.25, -0.2) is 0 Å². The molecule has 3 aromatic carbocycles. The summed E-state index contributed by atoms with van der Waals surface area (Å²) in [5.74, 6) is -0.698. The highest BCUT2D eigenvalue weighted by molar-refractivity contribution is 7.90. The largest absolute Gasteiger partial charge is 0.322 e. The van der Waals surface area contributed by atoms with Gasteiger partial charge in [0.2, 0.25) is 0 Å². The number of nitrogens with one attached hydrogen (secondary N) is 3. The topological polar surface area (TPSA) is 108 Å². The van der Waals surface area contributed by atoms with Crippen LogP contribution >= 0.6 is 11.6 Å². The third-order valence-electron chi connectivity index (χ3n) is 5.28. The predicted octanol–water partition coefficient (Wildman–Crippen LogP) is 4.20. The fraction of sp³-hybridized carbons (Fsp3) is 0.167. The Hall–Kier alpha value is -3.40. The molecule has 3 aromatic rings. The third-order valence-corrected chi connectivity index (χ3v) is 7.15. The average molecular weight is 499 g/mol. The Labute approximate surface area is 203 Å². The molecule has 4 rings (SSSR count). The maximum atomic E-state index is 12.7. The summed E-state index contributed by atoms with van der Waals surface area (Å²) < 4.78 is 28.1. The molecule has 0 unspecified atom stereocenters. The van der Waals surface area contributed by atoms with Crippen molar-refractivity contribution in [1.29, 1.82) is 0 Å². The molecule has 2 amide bonds. The first-order valence-corrected chi connectivity index (χ1v) is 12.4. The molecule has 0 saturated carbocycles. The standard InChI is InChI=1S/C24H23ClN4O4S/c1-16-4-2-5-18(14-16)24(31)28-22-15-19(8-11-21(22)25)27-23(30)17-6-9-20(10-7-17)29-13-3-12-26-34(29,32)33/h2,4-11,14-15,26H,3,12-13H2,1H3,(H,27,30)(H,28,31). The number of carbonyl (C=O) groups excluding carboxylic acids is 2. The van der Waals surface area contributed by atoms with Crippen LogP contribution in [-0.2, 0) is 10.2 Å². The Morgan fingerprint density at radius 3 is 2.38 bits per heavy atom. The lowest BCUT2D eigenvalue weighted by atomic mass is 10.1. The minimum Gasteiger partial charge on any atom is -0.322 e. The number of nitrogens with zero attached hydrogens (tertiary/aromatic N) is 1. The van der Waals surface area contributed by atoms with E-state index in [2.05, 4.69) is 15.4 Å². The van der Waals surface area contributed by atoms with Crippen LogP contribution in [-0.4, -0.2) is 33.3 Å². The van der Waals surface area contributed by atoms with E-state index in [-0.39, 0.29) is 11.8 Å². The van der Waals surface area contributed by atoms with Crippen LogP contribution in [0.2, 0.25) is 5.02 Å². The Kier molecular flexibility index (Phi) is 6.87. The predicted molar refractivity (Wildman–Crippen MR) is 134 cm³/mol. The van der Waals surface area contributed by atoms with Crippen LogP contribution in [0.3, 0.4) is 0 Å². The van der Waals surface area contributed by atoms with E-state index < -0.39 is 10.2 Å². The van der Waals surface area contributed by atoms with Crippen molar-refractivity contribution in [3.63, 3.8) is 0 Å². The van der Waals surface area contributed by atoms with Gasteiger partial charge in [-0.15, -0.1) is 0 Å². The maximum Gasteiger partial charge on any atom is 0.301 e. The molecule has 1 aliphatic heterocycles. The number of halogens is 1. The zero-order valence-corrected chi connectivity index (χ0v) is 19.9.